The van der Waals surface area contributed by atoms with Gasteiger partial charge in [-0.05, 0) is 19.8 Å². The highest BCUT2D eigenvalue weighted by Gasteiger charge is 2.06. The average Bonchev–Trinajstić information content (AvgIpc) is 2.35. The Labute approximate surface area is 128 Å². The average molecular weight is 292 g/mol. The van der Waals surface area contributed by atoms with Crippen LogP contribution in [-0.4, -0.2) is 20.1 Å². The largest absolute Gasteiger partial charge is 1.00 e. The van der Waals surface area contributed by atoms with Gasteiger partial charge in [0, 0.05) is 0 Å². The summed E-state index contributed by atoms with van der Waals surface area (Å²) in [5.41, 5.74) is 0. The maximum atomic E-state index is 2.37. The van der Waals surface area contributed by atoms with Crippen molar-refractivity contribution in [3.05, 3.63) is 0 Å². The van der Waals surface area contributed by atoms with Gasteiger partial charge in [0.25, 0.3) is 0 Å². The Balaban J connectivity index is 0. The van der Waals surface area contributed by atoms with Crippen molar-refractivity contribution in [2.45, 2.75) is 96.9 Å². The van der Waals surface area contributed by atoms with Crippen LogP contribution in [0.5, 0.6) is 0 Å². The fourth-order valence-corrected chi connectivity index (χ4v) is 2.40. The number of nitrogens with one attached hydrogen (secondary N) is 1. The minimum Gasteiger partial charge on any atom is -1.00 e. The Morgan fingerprint density at radius 2 is 1.05 bits per heavy atom. The Morgan fingerprint density at radius 3 is 1.42 bits per heavy atom. The fourth-order valence-electron chi connectivity index (χ4n) is 2.40. The summed E-state index contributed by atoms with van der Waals surface area (Å²) in [4.78, 5) is 1.60. The van der Waals surface area contributed by atoms with E-state index in [4.69, 9.17) is 0 Å². The molecule has 0 aromatic heterocycles. The molecule has 0 heterocycles. The van der Waals surface area contributed by atoms with Gasteiger partial charge in [-0.3, -0.25) is 0 Å². The summed E-state index contributed by atoms with van der Waals surface area (Å²) in [5.74, 6) is 0. The van der Waals surface area contributed by atoms with Crippen LogP contribution >= 0.6 is 0 Å². The van der Waals surface area contributed by atoms with Gasteiger partial charge in [-0.2, -0.15) is 0 Å². The highest BCUT2D eigenvalue weighted by atomic mass is 35.5. The molecule has 0 aromatic rings. The van der Waals surface area contributed by atoms with Crippen LogP contribution in [0.1, 0.15) is 90.9 Å². The highest BCUT2D eigenvalue weighted by Crippen LogP contribution is 2.12. The zero-order valence-corrected chi connectivity index (χ0v) is 14.7. The van der Waals surface area contributed by atoms with Crippen LogP contribution in [0.25, 0.3) is 0 Å². The van der Waals surface area contributed by atoms with Gasteiger partial charge in [-0.15, -0.1) is 0 Å². The first-order chi connectivity index (χ1) is 8.68. The Kier molecular flexibility index (Phi) is 18.5. The highest BCUT2D eigenvalue weighted by molar-refractivity contribution is 4.51. The third kappa shape index (κ3) is 16.2. The van der Waals surface area contributed by atoms with E-state index >= 15 is 0 Å². The van der Waals surface area contributed by atoms with Gasteiger partial charge in [0.2, 0.25) is 0 Å². The van der Waals surface area contributed by atoms with Crippen molar-refractivity contribution < 1.29 is 17.3 Å². The van der Waals surface area contributed by atoms with Gasteiger partial charge < -0.3 is 17.3 Å². The molecule has 0 aromatic carbocycles. The van der Waals surface area contributed by atoms with Gasteiger partial charge in [0.1, 0.15) is 0 Å². The summed E-state index contributed by atoms with van der Waals surface area (Å²) in [6.45, 7) is 4.66. The molecular formula is C17H38ClN. The second-order valence-corrected chi connectivity index (χ2v) is 6.30. The molecule has 118 valence electrons. The first-order valence-corrected chi connectivity index (χ1v) is 8.48. The number of rotatable bonds is 13. The number of quaternary nitrogens is 1. The number of hydrogen-bond donors (Lipinski definition) is 1. The zero-order chi connectivity index (χ0) is 13.6. The summed E-state index contributed by atoms with van der Waals surface area (Å²) >= 11 is 0. The van der Waals surface area contributed by atoms with E-state index in [9.17, 15) is 0 Å². The van der Waals surface area contributed by atoms with Crippen molar-refractivity contribution in [3.8, 4) is 0 Å². The van der Waals surface area contributed by atoms with E-state index in [1.165, 1.54) is 77.0 Å². The third-order valence-corrected chi connectivity index (χ3v) is 4.23. The van der Waals surface area contributed by atoms with E-state index in [1.807, 2.05) is 0 Å². The predicted octanol–water partition coefficient (Wildman–Crippen LogP) is 1.22. The lowest BCUT2D eigenvalue weighted by atomic mass is 10.0. The van der Waals surface area contributed by atoms with E-state index in [2.05, 4.69) is 27.9 Å². The maximum absolute atomic E-state index is 2.37. The van der Waals surface area contributed by atoms with Gasteiger partial charge in [-0.25, -0.2) is 0 Å². The molecule has 0 rings (SSSR count). The van der Waals surface area contributed by atoms with Crippen LogP contribution in [-0.2, 0) is 0 Å². The topological polar surface area (TPSA) is 4.44 Å². The van der Waals surface area contributed by atoms with Gasteiger partial charge in [-0.1, -0.05) is 71.1 Å². The molecule has 0 bridgehead atoms. The van der Waals surface area contributed by atoms with Crippen LogP contribution in [0.2, 0.25) is 0 Å². The quantitative estimate of drug-likeness (QED) is 0.487. The summed E-state index contributed by atoms with van der Waals surface area (Å²) in [6, 6.07) is 0.837. The molecule has 0 radical (unpaired) electrons. The molecule has 1 unspecified atom stereocenters. The van der Waals surface area contributed by atoms with Crippen molar-refractivity contribution in [1.82, 2.24) is 0 Å². The molecule has 1 N–H and O–H groups in total. The van der Waals surface area contributed by atoms with Gasteiger partial charge in [0.15, 0.2) is 0 Å². The standard InChI is InChI=1S/C17H37N.ClH/c1-5-6-7-8-9-10-11-12-13-14-15-16-17(2)18(3)4;/h17H,5-16H2,1-4H3;1H. The van der Waals surface area contributed by atoms with E-state index in [0.717, 1.165) is 6.04 Å². The van der Waals surface area contributed by atoms with Crippen LogP contribution in [0.4, 0.5) is 0 Å². The number of hydrogen-bond acceptors (Lipinski definition) is 0. The van der Waals surface area contributed by atoms with Crippen molar-refractivity contribution in [2.75, 3.05) is 14.1 Å². The monoisotopic (exact) mass is 291 g/mol. The second kappa shape index (κ2) is 16.3. The maximum Gasteiger partial charge on any atom is 0.0842 e. The van der Waals surface area contributed by atoms with E-state index < -0.39 is 0 Å². The van der Waals surface area contributed by atoms with E-state index in [0.29, 0.717) is 0 Å². The molecule has 0 saturated heterocycles. The number of halogens is 1. The van der Waals surface area contributed by atoms with Gasteiger partial charge >= 0.3 is 0 Å². The molecule has 0 saturated carbocycles. The van der Waals surface area contributed by atoms with Crippen molar-refractivity contribution in [1.29, 1.82) is 0 Å². The summed E-state index contributed by atoms with van der Waals surface area (Å²) in [7, 11) is 4.53. The van der Waals surface area contributed by atoms with Crippen LogP contribution in [0, 0.1) is 0 Å². The molecule has 0 amide bonds. The van der Waals surface area contributed by atoms with Crippen molar-refractivity contribution in [3.63, 3.8) is 0 Å². The molecule has 0 aliphatic rings. The molecule has 0 aliphatic carbocycles. The second-order valence-electron chi connectivity index (χ2n) is 6.30. The summed E-state index contributed by atoms with van der Waals surface area (Å²) in [6.07, 6.45) is 17.4. The molecule has 2 heteroatoms. The summed E-state index contributed by atoms with van der Waals surface area (Å²) in [5, 5.41) is 0. The Morgan fingerprint density at radius 1 is 0.684 bits per heavy atom. The van der Waals surface area contributed by atoms with E-state index in [1.54, 1.807) is 4.90 Å². The van der Waals surface area contributed by atoms with Crippen molar-refractivity contribution in [2.24, 2.45) is 0 Å². The molecule has 0 spiro atoms. The van der Waals surface area contributed by atoms with Crippen LogP contribution < -0.4 is 17.3 Å². The van der Waals surface area contributed by atoms with E-state index in [-0.39, 0.29) is 12.4 Å². The summed E-state index contributed by atoms with van der Waals surface area (Å²) < 4.78 is 0. The van der Waals surface area contributed by atoms with Gasteiger partial charge in [0.05, 0.1) is 20.1 Å². The molecule has 0 fully saturated rings. The molecule has 19 heavy (non-hydrogen) atoms. The predicted molar refractivity (Wildman–Crippen MR) is 83.4 cm³/mol. The molecular weight excluding hydrogens is 254 g/mol. The fraction of sp³-hybridized carbons (Fsp3) is 1.00. The SMILES string of the molecule is CCCCCCCCCCCCCC(C)[NH+](C)C.[Cl-]. The molecule has 0 aliphatic heterocycles. The Hall–Kier alpha value is 0.250. The van der Waals surface area contributed by atoms with Crippen LogP contribution in [0.15, 0.2) is 0 Å². The first kappa shape index (κ1) is 21.5. The zero-order valence-electron chi connectivity index (χ0n) is 13.9. The first-order valence-electron chi connectivity index (χ1n) is 8.48. The van der Waals surface area contributed by atoms with Crippen LogP contribution in [0.3, 0.4) is 0 Å². The lowest BCUT2D eigenvalue weighted by Gasteiger charge is -2.16. The third-order valence-electron chi connectivity index (χ3n) is 4.23. The smallest absolute Gasteiger partial charge is 0.0842 e. The number of unbranched alkanes of at least 4 members (excludes halogenated alkanes) is 10. The molecule has 1 atom stereocenters. The Bertz CT molecular complexity index is 159. The minimum atomic E-state index is 0. The molecule has 1 nitrogen and oxygen atoms in total. The van der Waals surface area contributed by atoms with Crippen molar-refractivity contribution >= 4 is 0 Å². The minimum absolute atomic E-state index is 0. The normalized spacial score (nSPS) is 12.5. The lowest BCUT2D eigenvalue weighted by Crippen LogP contribution is -3.09. The lowest BCUT2D eigenvalue weighted by molar-refractivity contribution is -0.883.